The SMILES string of the molecule is CN=C(NCc1csc(N(C)C)n1)N1CCc2cc(OC)c(OC)cc2C1.I. The fourth-order valence-corrected chi connectivity index (χ4v) is 3.91. The fraction of sp³-hybridized carbons (Fsp3) is 0.474. The topological polar surface area (TPSA) is 62.2 Å². The molecule has 9 heteroatoms. The van der Waals surface area contributed by atoms with E-state index in [4.69, 9.17) is 9.47 Å². The molecular weight excluding hydrogens is 489 g/mol. The van der Waals surface area contributed by atoms with Crippen molar-refractivity contribution < 1.29 is 9.47 Å². The highest BCUT2D eigenvalue weighted by molar-refractivity contribution is 14.0. The van der Waals surface area contributed by atoms with Gasteiger partial charge >= 0.3 is 0 Å². The molecular formula is C19H28IN5O2S. The lowest BCUT2D eigenvalue weighted by molar-refractivity contribution is 0.346. The molecule has 0 aliphatic carbocycles. The number of aromatic nitrogens is 1. The third-order valence-corrected chi connectivity index (χ3v) is 5.64. The molecule has 0 bridgehead atoms. The molecule has 3 rings (SSSR count). The van der Waals surface area contributed by atoms with Crippen molar-refractivity contribution in [1.29, 1.82) is 0 Å². The number of hydrogen-bond donors (Lipinski definition) is 1. The van der Waals surface area contributed by atoms with Crippen LogP contribution in [0.3, 0.4) is 0 Å². The van der Waals surface area contributed by atoms with E-state index in [0.29, 0.717) is 6.54 Å². The van der Waals surface area contributed by atoms with Crippen LogP contribution in [0.4, 0.5) is 5.13 Å². The van der Waals surface area contributed by atoms with Crippen molar-refractivity contribution in [1.82, 2.24) is 15.2 Å². The van der Waals surface area contributed by atoms with Gasteiger partial charge in [0.05, 0.1) is 26.5 Å². The zero-order valence-corrected chi connectivity index (χ0v) is 20.1. The van der Waals surface area contributed by atoms with Crippen LogP contribution in [-0.4, -0.2) is 57.8 Å². The van der Waals surface area contributed by atoms with Crippen LogP contribution in [0.25, 0.3) is 0 Å². The number of aliphatic imine (C=N–C) groups is 1. The van der Waals surface area contributed by atoms with Crippen LogP contribution in [0.5, 0.6) is 11.5 Å². The number of hydrogen-bond acceptors (Lipinski definition) is 6. The molecule has 0 atom stereocenters. The molecule has 7 nitrogen and oxygen atoms in total. The number of halogens is 1. The molecule has 0 fully saturated rings. The molecule has 1 N–H and O–H groups in total. The van der Waals surface area contributed by atoms with Gasteiger partial charge in [0.25, 0.3) is 0 Å². The average molecular weight is 517 g/mol. The van der Waals surface area contributed by atoms with Gasteiger partial charge in [-0.1, -0.05) is 0 Å². The van der Waals surface area contributed by atoms with E-state index in [9.17, 15) is 0 Å². The fourth-order valence-electron chi connectivity index (χ4n) is 3.15. The minimum absolute atomic E-state index is 0. The number of nitrogens with one attached hydrogen (secondary N) is 1. The van der Waals surface area contributed by atoms with E-state index in [0.717, 1.165) is 47.8 Å². The van der Waals surface area contributed by atoms with Gasteiger partial charge in [-0.05, 0) is 29.7 Å². The van der Waals surface area contributed by atoms with Crippen LogP contribution < -0.4 is 19.7 Å². The van der Waals surface area contributed by atoms with Crippen LogP contribution in [0.2, 0.25) is 0 Å². The first-order chi connectivity index (χ1) is 13.0. The normalized spacial score (nSPS) is 13.5. The van der Waals surface area contributed by atoms with Crippen molar-refractivity contribution in [2.75, 3.05) is 46.8 Å². The number of thiazole rings is 1. The summed E-state index contributed by atoms with van der Waals surface area (Å²) >= 11 is 1.65. The number of nitrogens with zero attached hydrogens (tertiary/aromatic N) is 4. The summed E-state index contributed by atoms with van der Waals surface area (Å²) < 4.78 is 10.9. The summed E-state index contributed by atoms with van der Waals surface area (Å²) in [6.45, 7) is 2.35. The first-order valence-electron chi connectivity index (χ1n) is 8.86. The Morgan fingerprint density at radius 2 is 1.93 bits per heavy atom. The Kier molecular flexibility index (Phi) is 8.17. The highest BCUT2D eigenvalue weighted by Gasteiger charge is 2.21. The summed E-state index contributed by atoms with van der Waals surface area (Å²) in [5, 5.41) is 6.53. The molecule has 1 aromatic heterocycles. The van der Waals surface area contributed by atoms with E-state index < -0.39 is 0 Å². The predicted molar refractivity (Wildman–Crippen MR) is 126 cm³/mol. The van der Waals surface area contributed by atoms with E-state index in [2.05, 4.69) is 37.7 Å². The molecule has 0 unspecified atom stereocenters. The monoisotopic (exact) mass is 517 g/mol. The largest absolute Gasteiger partial charge is 0.493 e. The minimum Gasteiger partial charge on any atom is -0.493 e. The van der Waals surface area contributed by atoms with Crippen molar-refractivity contribution in [3.05, 3.63) is 34.3 Å². The van der Waals surface area contributed by atoms with Crippen LogP contribution in [0.15, 0.2) is 22.5 Å². The number of benzene rings is 1. The van der Waals surface area contributed by atoms with Crippen molar-refractivity contribution in [3.8, 4) is 11.5 Å². The Hall–Kier alpha value is -1.75. The van der Waals surface area contributed by atoms with Gasteiger partial charge in [-0.3, -0.25) is 4.99 Å². The molecule has 28 heavy (non-hydrogen) atoms. The van der Waals surface area contributed by atoms with Crippen LogP contribution in [0.1, 0.15) is 16.8 Å². The Bertz CT molecular complexity index is 825. The van der Waals surface area contributed by atoms with Crippen molar-refractivity contribution in [2.24, 2.45) is 4.99 Å². The maximum atomic E-state index is 5.45. The number of guanidine groups is 1. The molecule has 1 aromatic carbocycles. The second kappa shape index (κ2) is 10.1. The predicted octanol–water partition coefficient (Wildman–Crippen LogP) is 2.98. The van der Waals surface area contributed by atoms with Crippen molar-refractivity contribution in [3.63, 3.8) is 0 Å². The number of ether oxygens (including phenoxy) is 2. The van der Waals surface area contributed by atoms with Gasteiger partial charge in [0.15, 0.2) is 22.6 Å². The van der Waals surface area contributed by atoms with Crippen molar-refractivity contribution >= 4 is 46.4 Å². The van der Waals surface area contributed by atoms with Gasteiger partial charge < -0.3 is 24.6 Å². The van der Waals surface area contributed by atoms with E-state index >= 15 is 0 Å². The first kappa shape index (κ1) is 22.5. The summed E-state index contributed by atoms with van der Waals surface area (Å²) in [5.41, 5.74) is 3.56. The molecule has 1 aliphatic heterocycles. The first-order valence-corrected chi connectivity index (χ1v) is 9.74. The number of rotatable bonds is 5. The average Bonchev–Trinajstić information content (AvgIpc) is 3.16. The standard InChI is InChI=1S/C19H27N5O2S.HI/c1-20-18(21-10-15-12-27-19(22-15)23(2)3)24-7-6-13-8-16(25-4)17(26-5)9-14(13)11-24;/h8-9,12H,6-7,10-11H2,1-5H3,(H,20,21);1H. The lowest BCUT2D eigenvalue weighted by atomic mass is 9.99. The molecule has 0 spiro atoms. The van der Waals surface area contributed by atoms with E-state index in [-0.39, 0.29) is 24.0 Å². The molecule has 154 valence electrons. The summed E-state index contributed by atoms with van der Waals surface area (Å²) in [6.07, 6.45) is 0.942. The summed E-state index contributed by atoms with van der Waals surface area (Å²) in [5.74, 6) is 2.43. The molecule has 1 aliphatic rings. The van der Waals surface area contributed by atoms with Gasteiger partial charge in [-0.15, -0.1) is 35.3 Å². The molecule has 0 radical (unpaired) electrons. The second-order valence-electron chi connectivity index (χ2n) is 6.56. The lowest BCUT2D eigenvalue weighted by Gasteiger charge is -2.32. The number of fused-ring (bicyclic) bond motifs is 1. The van der Waals surface area contributed by atoms with E-state index in [1.807, 2.05) is 26.0 Å². The quantitative estimate of drug-likeness (QED) is 0.374. The van der Waals surface area contributed by atoms with Gasteiger partial charge in [0, 0.05) is 39.6 Å². The summed E-state index contributed by atoms with van der Waals surface area (Å²) in [6, 6.07) is 4.15. The lowest BCUT2D eigenvalue weighted by Crippen LogP contribution is -2.43. The third-order valence-electron chi connectivity index (χ3n) is 4.58. The summed E-state index contributed by atoms with van der Waals surface area (Å²) in [7, 11) is 9.16. The molecule has 2 heterocycles. The van der Waals surface area contributed by atoms with Gasteiger partial charge in [0.1, 0.15) is 0 Å². The minimum atomic E-state index is 0. The third kappa shape index (κ3) is 4.99. The van der Waals surface area contributed by atoms with Crippen LogP contribution >= 0.6 is 35.3 Å². The molecule has 0 saturated carbocycles. The van der Waals surface area contributed by atoms with Gasteiger partial charge in [-0.25, -0.2) is 4.98 Å². The maximum Gasteiger partial charge on any atom is 0.194 e. The zero-order valence-electron chi connectivity index (χ0n) is 17.0. The zero-order chi connectivity index (χ0) is 19.4. The highest BCUT2D eigenvalue weighted by atomic mass is 127. The Morgan fingerprint density at radius 1 is 1.25 bits per heavy atom. The van der Waals surface area contributed by atoms with Crippen molar-refractivity contribution in [2.45, 2.75) is 19.5 Å². The molecule has 0 saturated heterocycles. The van der Waals surface area contributed by atoms with Crippen LogP contribution in [0, 0.1) is 0 Å². The van der Waals surface area contributed by atoms with Gasteiger partial charge in [0.2, 0.25) is 0 Å². The van der Waals surface area contributed by atoms with E-state index in [1.54, 1.807) is 25.6 Å². The highest BCUT2D eigenvalue weighted by Crippen LogP contribution is 2.33. The Morgan fingerprint density at radius 3 is 2.50 bits per heavy atom. The van der Waals surface area contributed by atoms with Crippen LogP contribution in [-0.2, 0) is 19.5 Å². The molecule has 2 aromatic rings. The maximum absolute atomic E-state index is 5.45. The Labute approximate surface area is 187 Å². The number of anilines is 1. The molecule has 0 amide bonds. The Balaban J connectivity index is 0.00000280. The second-order valence-corrected chi connectivity index (χ2v) is 7.40. The smallest absolute Gasteiger partial charge is 0.194 e. The van der Waals surface area contributed by atoms with Gasteiger partial charge in [-0.2, -0.15) is 0 Å². The van der Waals surface area contributed by atoms with E-state index in [1.165, 1.54) is 11.1 Å². The number of methoxy groups -OCH3 is 2. The summed E-state index contributed by atoms with van der Waals surface area (Å²) in [4.78, 5) is 13.4.